The van der Waals surface area contributed by atoms with Crippen LogP contribution in [-0.2, 0) is 24.3 Å². The largest absolute Gasteiger partial charge is 0.489 e. The number of methoxy groups -OCH3 is 1. The summed E-state index contributed by atoms with van der Waals surface area (Å²) < 4.78 is 10.9. The first-order valence-corrected chi connectivity index (χ1v) is 13.3. The van der Waals surface area contributed by atoms with Gasteiger partial charge in [0.05, 0.1) is 24.9 Å². The average Bonchev–Trinajstić information content (AvgIpc) is 2.99. The number of urea groups is 1. The number of nitrogens with zero attached hydrogens (tertiary/aromatic N) is 1. The lowest BCUT2D eigenvalue weighted by atomic mass is 9.87. The van der Waals surface area contributed by atoms with Crippen molar-refractivity contribution in [2.45, 2.75) is 38.5 Å². The molecule has 204 valence electrons. The zero-order chi connectivity index (χ0) is 27.9. The van der Waals surface area contributed by atoms with E-state index in [2.05, 4.69) is 40.0 Å². The van der Waals surface area contributed by atoms with Gasteiger partial charge in [0.15, 0.2) is 0 Å². The van der Waals surface area contributed by atoms with E-state index in [1.165, 1.54) is 12.7 Å². The van der Waals surface area contributed by atoms with Crippen molar-refractivity contribution in [1.29, 1.82) is 0 Å². The fourth-order valence-electron chi connectivity index (χ4n) is 5.07. The molecule has 1 aliphatic rings. The molecule has 40 heavy (non-hydrogen) atoms. The Bertz CT molecular complexity index is 1570. The minimum atomic E-state index is -0.406. The number of carbonyl (C=O) groups excluding carboxylic acids is 2. The fraction of sp³-hybridized carbons (Fsp3) is 0.219. The molecule has 0 radical (unpaired) electrons. The van der Waals surface area contributed by atoms with E-state index in [0.717, 1.165) is 58.0 Å². The van der Waals surface area contributed by atoms with Gasteiger partial charge in [0.1, 0.15) is 12.4 Å². The van der Waals surface area contributed by atoms with E-state index in [4.69, 9.17) is 15.3 Å². The molecule has 1 aliphatic carbocycles. The van der Waals surface area contributed by atoms with Crippen LogP contribution in [0.25, 0.3) is 10.8 Å². The summed E-state index contributed by atoms with van der Waals surface area (Å²) in [4.78, 5) is 24.6. The van der Waals surface area contributed by atoms with Crippen LogP contribution < -0.4 is 21.2 Å². The maximum absolute atomic E-state index is 12.8. The lowest BCUT2D eigenvalue weighted by Gasteiger charge is -2.27. The van der Waals surface area contributed by atoms with Crippen molar-refractivity contribution in [3.63, 3.8) is 0 Å². The topological polar surface area (TPSA) is 115 Å². The van der Waals surface area contributed by atoms with Crippen molar-refractivity contribution in [3.8, 4) is 5.75 Å². The van der Waals surface area contributed by atoms with Crippen LogP contribution in [-0.4, -0.2) is 25.3 Å². The van der Waals surface area contributed by atoms with E-state index in [1.807, 2.05) is 36.4 Å². The average molecular weight is 537 g/mol. The van der Waals surface area contributed by atoms with E-state index >= 15 is 0 Å². The third kappa shape index (κ3) is 6.40. The summed E-state index contributed by atoms with van der Waals surface area (Å²) >= 11 is 0. The Morgan fingerprint density at radius 3 is 2.70 bits per heavy atom. The molecule has 5 rings (SSSR count). The van der Waals surface area contributed by atoms with Crippen molar-refractivity contribution < 1.29 is 19.1 Å². The molecule has 8 nitrogen and oxygen atoms in total. The Morgan fingerprint density at radius 2 is 1.85 bits per heavy atom. The molecule has 1 atom stereocenters. The second-order valence-corrected chi connectivity index (χ2v) is 9.83. The summed E-state index contributed by atoms with van der Waals surface area (Å²) in [7, 11) is 1.35. The number of nitrogens with two attached hydrogens (primary N) is 1. The van der Waals surface area contributed by atoms with E-state index in [0.29, 0.717) is 18.7 Å². The molecular weight excluding hydrogens is 504 g/mol. The molecule has 4 aromatic carbocycles. The van der Waals surface area contributed by atoms with Crippen molar-refractivity contribution in [3.05, 3.63) is 112 Å². The molecule has 0 fully saturated rings. The fourth-order valence-corrected chi connectivity index (χ4v) is 5.07. The van der Waals surface area contributed by atoms with Crippen molar-refractivity contribution in [2.75, 3.05) is 7.11 Å². The lowest BCUT2D eigenvalue weighted by molar-refractivity contribution is 0.0600. The van der Waals surface area contributed by atoms with E-state index < -0.39 is 5.97 Å². The summed E-state index contributed by atoms with van der Waals surface area (Å²) in [6.07, 6.45) is 4.44. The molecule has 0 aliphatic heterocycles. The Balaban J connectivity index is 1.21. The minimum absolute atomic E-state index is 0.111. The number of ether oxygens (including phenoxy) is 2. The second-order valence-electron chi connectivity index (χ2n) is 9.83. The van der Waals surface area contributed by atoms with Crippen LogP contribution in [0, 0.1) is 0 Å². The molecule has 8 heteroatoms. The van der Waals surface area contributed by atoms with E-state index in [9.17, 15) is 9.59 Å². The van der Waals surface area contributed by atoms with Crippen LogP contribution in [0.3, 0.4) is 0 Å². The van der Waals surface area contributed by atoms with Gasteiger partial charge in [-0.1, -0.05) is 42.5 Å². The zero-order valence-corrected chi connectivity index (χ0v) is 22.4. The van der Waals surface area contributed by atoms with Crippen LogP contribution in [0.4, 0.5) is 4.79 Å². The van der Waals surface area contributed by atoms with Crippen LogP contribution in [0.5, 0.6) is 5.75 Å². The quantitative estimate of drug-likeness (QED) is 0.121. The van der Waals surface area contributed by atoms with Gasteiger partial charge in [-0.2, -0.15) is 5.10 Å². The van der Waals surface area contributed by atoms with Crippen LogP contribution >= 0.6 is 0 Å². The number of carbonyl (C=O) groups is 2. The summed E-state index contributed by atoms with van der Waals surface area (Å²) in [5.41, 5.74) is 5.59. The molecule has 4 aromatic rings. The number of nitrogens with one attached hydrogen (secondary N) is 2. The molecule has 0 heterocycles. The molecule has 0 spiro atoms. The number of fused-ring (bicyclic) bond motifs is 2. The van der Waals surface area contributed by atoms with E-state index in [1.54, 1.807) is 24.4 Å². The third-order valence-electron chi connectivity index (χ3n) is 7.10. The maximum Gasteiger partial charge on any atom is 0.337 e. The van der Waals surface area contributed by atoms with Crippen molar-refractivity contribution in [2.24, 2.45) is 10.9 Å². The van der Waals surface area contributed by atoms with Crippen molar-refractivity contribution in [1.82, 2.24) is 10.6 Å². The number of benzene rings is 4. The number of aryl methyl sites for hydroxylation is 1. The highest BCUT2D eigenvalue weighted by Crippen LogP contribution is 2.33. The standard InChI is InChI=1S/C32H32N4O4/c1-39-31(37)27-6-2-4-21(15-27)18-34-32(38)36-30-7-3-5-24-12-13-28(17-29(24)30)40-20-23-9-11-25-14-22(19-35-33)8-10-26(25)16-23/h2,4,6,8-17,19,30H,3,5,7,18,20,33H2,1H3,(H2,34,36,38). The normalized spacial score (nSPS) is 14.5. The van der Waals surface area contributed by atoms with Gasteiger partial charge in [-0.25, -0.2) is 9.59 Å². The van der Waals surface area contributed by atoms with Gasteiger partial charge in [0, 0.05) is 6.54 Å². The monoisotopic (exact) mass is 536 g/mol. The Labute approximate surface area is 233 Å². The second kappa shape index (κ2) is 12.3. The number of hydrazone groups is 1. The highest BCUT2D eigenvalue weighted by atomic mass is 16.5. The Kier molecular flexibility index (Phi) is 8.25. The van der Waals surface area contributed by atoms with Gasteiger partial charge in [-0.05, 0) is 94.3 Å². The number of hydrogen-bond acceptors (Lipinski definition) is 6. The molecule has 0 saturated carbocycles. The Hall–Kier alpha value is -4.85. The van der Waals surface area contributed by atoms with Gasteiger partial charge in [-0.15, -0.1) is 0 Å². The summed E-state index contributed by atoms with van der Waals surface area (Å²) in [5, 5.41) is 11.8. The van der Waals surface area contributed by atoms with Gasteiger partial charge >= 0.3 is 12.0 Å². The van der Waals surface area contributed by atoms with Crippen molar-refractivity contribution >= 4 is 29.0 Å². The lowest BCUT2D eigenvalue weighted by Crippen LogP contribution is -2.38. The van der Waals surface area contributed by atoms with Gasteiger partial charge < -0.3 is 25.9 Å². The summed E-state index contributed by atoms with van der Waals surface area (Å²) in [6.45, 7) is 0.733. The smallest absolute Gasteiger partial charge is 0.337 e. The van der Waals surface area contributed by atoms with Gasteiger partial charge in [0.2, 0.25) is 0 Å². The molecule has 0 saturated heterocycles. The highest BCUT2D eigenvalue weighted by molar-refractivity contribution is 5.91. The van der Waals surface area contributed by atoms with Crippen LogP contribution in [0.2, 0.25) is 0 Å². The number of esters is 1. The first-order chi connectivity index (χ1) is 19.5. The highest BCUT2D eigenvalue weighted by Gasteiger charge is 2.22. The molecular formula is C32H32N4O4. The van der Waals surface area contributed by atoms with Crippen LogP contribution in [0.15, 0.2) is 84.0 Å². The molecule has 2 amide bonds. The summed E-state index contributed by atoms with van der Waals surface area (Å²) in [5.74, 6) is 5.63. The Morgan fingerprint density at radius 1 is 1.00 bits per heavy atom. The predicted octanol–water partition coefficient (Wildman–Crippen LogP) is 5.37. The number of amides is 2. The van der Waals surface area contributed by atoms with Gasteiger partial charge in [0.25, 0.3) is 0 Å². The molecule has 4 N–H and O–H groups in total. The van der Waals surface area contributed by atoms with Crippen LogP contribution in [0.1, 0.15) is 57.1 Å². The number of hydrogen-bond donors (Lipinski definition) is 3. The number of rotatable bonds is 8. The van der Waals surface area contributed by atoms with E-state index in [-0.39, 0.29) is 12.1 Å². The maximum atomic E-state index is 12.8. The van der Waals surface area contributed by atoms with Gasteiger partial charge in [-0.3, -0.25) is 0 Å². The minimum Gasteiger partial charge on any atom is -0.489 e. The summed E-state index contributed by atoms with van der Waals surface area (Å²) in [6, 6.07) is 25.1. The molecule has 1 unspecified atom stereocenters. The zero-order valence-electron chi connectivity index (χ0n) is 22.4. The molecule has 0 bridgehead atoms. The first kappa shape index (κ1) is 26.7. The molecule has 0 aromatic heterocycles. The first-order valence-electron chi connectivity index (χ1n) is 13.3. The SMILES string of the molecule is COC(=O)c1cccc(CNC(=O)NC2CCCc3ccc(OCc4ccc5cc(C=NN)ccc5c4)cc32)c1. The predicted molar refractivity (Wildman–Crippen MR) is 155 cm³/mol. The third-order valence-corrected chi connectivity index (χ3v) is 7.10.